The minimum atomic E-state index is -0.267. The summed E-state index contributed by atoms with van der Waals surface area (Å²) in [4.78, 5) is 19.8. The summed E-state index contributed by atoms with van der Waals surface area (Å²) in [5.74, 6) is 0.397. The summed E-state index contributed by atoms with van der Waals surface area (Å²) in [5.41, 5.74) is 7.50. The van der Waals surface area contributed by atoms with Crippen LogP contribution in [0.2, 0.25) is 0 Å². The molecule has 1 aromatic heterocycles. The molecule has 1 fully saturated rings. The Bertz CT molecular complexity index is 1170. The quantitative estimate of drug-likeness (QED) is 0.541. The Morgan fingerprint density at radius 3 is 2.35 bits per heavy atom. The van der Waals surface area contributed by atoms with Crippen LogP contribution in [0.1, 0.15) is 27.2 Å². The predicted octanol–water partition coefficient (Wildman–Crippen LogP) is 4.50. The normalized spacial score (nSPS) is 14.0. The number of anilines is 2. The molecule has 3 aromatic rings. The van der Waals surface area contributed by atoms with Crippen LogP contribution in [0.25, 0.3) is 11.1 Å². The van der Waals surface area contributed by atoms with E-state index in [-0.39, 0.29) is 5.91 Å². The SMILES string of the molecule is CNc1cccc(-c2cccc(NC(=O)c3cc(OC)c(CN4CCOCC4)cn3)c2C)c1C. The number of hydrogen-bond acceptors (Lipinski definition) is 6. The van der Waals surface area contributed by atoms with Crippen LogP contribution in [0, 0.1) is 13.8 Å². The molecule has 1 aliphatic heterocycles. The molecule has 1 saturated heterocycles. The molecule has 0 atom stereocenters. The van der Waals surface area contributed by atoms with Crippen LogP contribution in [0.4, 0.5) is 11.4 Å². The number of nitrogens with zero attached hydrogens (tertiary/aromatic N) is 2. The van der Waals surface area contributed by atoms with Gasteiger partial charge in [-0.15, -0.1) is 0 Å². The van der Waals surface area contributed by atoms with Crippen molar-refractivity contribution in [1.82, 2.24) is 9.88 Å². The number of rotatable bonds is 7. The van der Waals surface area contributed by atoms with E-state index in [0.717, 1.165) is 59.9 Å². The molecule has 7 heteroatoms. The summed E-state index contributed by atoms with van der Waals surface area (Å²) >= 11 is 0. The van der Waals surface area contributed by atoms with E-state index in [2.05, 4.69) is 45.6 Å². The van der Waals surface area contributed by atoms with E-state index < -0.39 is 0 Å². The van der Waals surface area contributed by atoms with Crippen LogP contribution < -0.4 is 15.4 Å². The van der Waals surface area contributed by atoms with E-state index in [4.69, 9.17) is 9.47 Å². The van der Waals surface area contributed by atoms with Gasteiger partial charge < -0.3 is 20.1 Å². The van der Waals surface area contributed by atoms with Crippen molar-refractivity contribution in [2.75, 3.05) is 51.1 Å². The zero-order valence-electron chi connectivity index (χ0n) is 20.3. The Kier molecular flexibility index (Phi) is 7.45. The first-order valence-corrected chi connectivity index (χ1v) is 11.5. The molecule has 0 saturated carbocycles. The first kappa shape index (κ1) is 23.7. The lowest BCUT2D eigenvalue weighted by Gasteiger charge is -2.27. The molecule has 0 bridgehead atoms. The second-order valence-corrected chi connectivity index (χ2v) is 8.43. The molecule has 34 heavy (non-hydrogen) atoms. The topological polar surface area (TPSA) is 75.7 Å². The van der Waals surface area contributed by atoms with Gasteiger partial charge in [-0.05, 0) is 48.2 Å². The van der Waals surface area contributed by atoms with Gasteiger partial charge in [0.25, 0.3) is 5.91 Å². The van der Waals surface area contributed by atoms with Crippen LogP contribution in [0.3, 0.4) is 0 Å². The van der Waals surface area contributed by atoms with Gasteiger partial charge in [0.2, 0.25) is 0 Å². The molecule has 0 radical (unpaired) electrons. The van der Waals surface area contributed by atoms with Gasteiger partial charge in [0.15, 0.2) is 0 Å². The highest BCUT2D eigenvalue weighted by atomic mass is 16.5. The van der Waals surface area contributed by atoms with Crippen molar-refractivity contribution in [1.29, 1.82) is 0 Å². The van der Waals surface area contributed by atoms with Crippen molar-refractivity contribution in [2.45, 2.75) is 20.4 Å². The van der Waals surface area contributed by atoms with Crippen molar-refractivity contribution < 1.29 is 14.3 Å². The Hall–Kier alpha value is -3.42. The monoisotopic (exact) mass is 460 g/mol. The second kappa shape index (κ2) is 10.7. The number of aromatic nitrogens is 1. The summed E-state index contributed by atoms with van der Waals surface area (Å²) in [7, 11) is 3.54. The number of carbonyl (C=O) groups is 1. The maximum Gasteiger partial charge on any atom is 0.274 e. The standard InChI is InChI=1S/C27H32N4O3/c1-18-21(7-5-9-23(18)28-3)22-8-6-10-24(19(22)2)30-27(32)25-15-26(33-4)20(16-29-25)17-31-11-13-34-14-12-31/h5-10,15-16,28H,11-14,17H2,1-4H3,(H,30,32). The third-order valence-corrected chi connectivity index (χ3v) is 6.37. The van der Waals surface area contributed by atoms with Crippen LogP contribution >= 0.6 is 0 Å². The van der Waals surface area contributed by atoms with Crippen LogP contribution in [-0.4, -0.2) is 56.3 Å². The molecule has 0 spiro atoms. The Labute approximate surface area is 201 Å². The lowest BCUT2D eigenvalue weighted by atomic mass is 9.94. The highest BCUT2D eigenvalue weighted by Gasteiger charge is 2.18. The fourth-order valence-electron chi connectivity index (χ4n) is 4.35. The van der Waals surface area contributed by atoms with E-state index in [9.17, 15) is 4.79 Å². The maximum absolute atomic E-state index is 13.1. The van der Waals surface area contributed by atoms with Gasteiger partial charge in [0.1, 0.15) is 11.4 Å². The lowest BCUT2D eigenvalue weighted by molar-refractivity contribution is 0.0338. The van der Waals surface area contributed by atoms with Gasteiger partial charge in [-0.3, -0.25) is 14.7 Å². The number of hydrogen-bond donors (Lipinski definition) is 2. The maximum atomic E-state index is 13.1. The number of benzene rings is 2. The summed E-state index contributed by atoms with van der Waals surface area (Å²) in [6, 6.07) is 13.9. The molecule has 178 valence electrons. The average Bonchev–Trinajstić information content (AvgIpc) is 2.86. The number of methoxy groups -OCH3 is 1. The molecule has 4 rings (SSSR count). The summed E-state index contributed by atoms with van der Waals surface area (Å²) < 4.78 is 11.0. The molecule has 1 amide bonds. The van der Waals surface area contributed by atoms with Crippen LogP contribution in [0.15, 0.2) is 48.7 Å². The number of morpholine rings is 1. The molecule has 1 aliphatic rings. The van der Waals surface area contributed by atoms with E-state index in [1.54, 1.807) is 19.4 Å². The van der Waals surface area contributed by atoms with Crippen LogP contribution in [0.5, 0.6) is 5.75 Å². The molecule has 2 heterocycles. The van der Waals surface area contributed by atoms with Crippen LogP contribution in [-0.2, 0) is 11.3 Å². The molecule has 2 aromatic carbocycles. The molecular formula is C27H32N4O3. The fraction of sp³-hybridized carbons (Fsp3) is 0.333. The average molecular weight is 461 g/mol. The van der Waals surface area contributed by atoms with Gasteiger partial charge in [-0.25, -0.2) is 0 Å². The zero-order valence-corrected chi connectivity index (χ0v) is 20.3. The molecule has 7 nitrogen and oxygen atoms in total. The second-order valence-electron chi connectivity index (χ2n) is 8.43. The number of carbonyl (C=O) groups excluding carboxylic acids is 1. The van der Waals surface area contributed by atoms with Gasteiger partial charge >= 0.3 is 0 Å². The summed E-state index contributed by atoms with van der Waals surface area (Å²) in [6.45, 7) is 8.04. The Morgan fingerprint density at radius 2 is 1.71 bits per heavy atom. The number of ether oxygens (including phenoxy) is 2. The zero-order chi connectivity index (χ0) is 24.1. The van der Waals surface area contributed by atoms with E-state index >= 15 is 0 Å². The van der Waals surface area contributed by atoms with E-state index in [0.29, 0.717) is 18.0 Å². The fourth-order valence-corrected chi connectivity index (χ4v) is 4.35. The first-order valence-electron chi connectivity index (χ1n) is 11.5. The first-order chi connectivity index (χ1) is 16.5. The number of nitrogens with one attached hydrogen (secondary N) is 2. The van der Waals surface area contributed by atoms with Gasteiger partial charge in [-0.1, -0.05) is 24.3 Å². The largest absolute Gasteiger partial charge is 0.496 e. The lowest BCUT2D eigenvalue weighted by Crippen LogP contribution is -2.35. The minimum absolute atomic E-state index is 0.267. The minimum Gasteiger partial charge on any atom is -0.496 e. The number of pyridine rings is 1. The highest BCUT2D eigenvalue weighted by Crippen LogP contribution is 2.33. The Morgan fingerprint density at radius 1 is 1.06 bits per heavy atom. The molecule has 2 N–H and O–H groups in total. The van der Waals surface area contributed by atoms with Crippen molar-refractivity contribution in [3.8, 4) is 16.9 Å². The smallest absolute Gasteiger partial charge is 0.274 e. The highest BCUT2D eigenvalue weighted by molar-refractivity contribution is 6.04. The third kappa shape index (κ3) is 5.05. The van der Waals surface area contributed by atoms with Crippen molar-refractivity contribution in [3.63, 3.8) is 0 Å². The molecular weight excluding hydrogens is 428 g/mol. The summed E-state index contributed by atoms with van der Waals surface area (Å²) in [6.07, 6.45) is 1.74. The predicted molar refractivity (Wildman–Crippen MR) is 136 cm³/mol. The van der Waals surface area contributed by atoms with Gasteiger partial charge in [0.05, 0.1) is 20.3 Å². The summed E-state index contributed by atoms with van der Waals surface area (Å²) in [5, 5.41) is 6.27. The van der Waals surface area contributed by atoms with Gasteiger partial charge in [0, 0.05) is 55.9 Å². The van der Waals surface area contributed by atoms with Crippen molar-refractivity contribution in [3.05, 3.63) is 71.0 Å². The molecule has 0 unspecified atom stereocenters. The van der Waals surface area contributed by atoms with Crippen molar-refractivity contribution >= 4 is 17.3 Å². The third-order valence-electron chi connectivity index (χ3n) is 6.37. The molecule has 0 aliphatic carbocycles. The Balaban J connectivity index is 1.55. The number of amides is 1. The van der Waals surface area contributed by atoms with Crippen molar-refractivity contribution in [2.24, 2.45) is 0 Å². The van der Waals surface area contributed by atoms with Gasteiger partial charge in [-0.2, -0.15) is 0 Å². The van der Waals surface area contributed by atoms with E-state index in [1.165, 1.54) is 5.56 Å². The van der Waals surface area contributed by atoms with E-state index in [1.807, 2.05) is 32.2 Å².